The topological polar surface area (TPSA) is 64.3 Å². The van der Waals surface area contributed by atoms with Crippen molar-refractivity contribution in [3.8, 4) is 5.75 Å². The van der Waals surface area contributed by atoms with Crippen LogP contribution >= 0.6 is 11.6 Å². The molecule has 1 amide bonds. The van der Waals surface area contributed by atoms with Crippen molar-refractivity contribution in [2.75, 3.05) is 18.2 Å². The molecule has 0 saturated heterocycles. The van der Waals surface area contributed by atoms with Gasteiger partial charge in [0.15, 0.2) is 0 Å². The number of halogens is 1. The van der Waals surface area contributed by atoms with Crippen LogP contribution in [0.1, 0.15) is 10.4 Å². The lowest BCUT2D eigenvalue weighted by atomic mass is 10.2. The van der Waals surface area contributed by atoms with E-state index >= 15 is 0 Å². The van der Waals surface area contributed by atoms with E-state index in [0.717, 1.165) is 0 Å². The number of hydrogen-bond acceptors (Lipinski definition) is 3. The second-order valence-corrected chi connectivity index (χ2v) is 4.29. The Bertz CT molecular complexity index is 614. The van der Waals surface area contributed by atoms with E-state index in [2.05, 4.69) is 5.32 Å². The molecule has 2 aromatic rings. The summed E-state index contributed by atoms with van der Waals surface area (Å²) in [5, 5.41) is 3.10. The van der Waals surface area contributed by atoms with Crippen LogP contribution in [0.15, 0.2) is 42.5 Å². The van der Waals surface area contributed by atoms with Gasteiger partial charge in [-0.1, -0.05) is 23.7 Å². The van der Waals surface area contributed by atoms with Crippen molar-refractivity contribution < 1.29 is 9.53 Å². The zero-order valence-electron chi connectivity index (χ0n) is 10.3. The Balaban J connectivity index is 2.26. The van der Waals surface area contributed by atoms with Crippen LogP contribution in [0.2, 0.25) is 5.02 Å². The highest BCUT2D eigenvalue weighted by atomic mass is 35.5. The SMILES string of the molecule is COc1ccc(N)c(NC(=O)c2ccccc2Cl)c1. The number of carbonyl (C=O) groups excluding carboxylic acids is 1. The van der Waals surface area contributed by atoms with Gasteiger partial charge in [-0.25, -0.2) is 0 Å². The highest BCUT2D eigenvalue weighted by Gasteiger charge is 2.11. The summed E-state index contributed by atoms with van der Waals surface area (Å²) in [5.74, 6) is 0.300. The Morgan fingerprint density at radius 3 is 2.68 bits per heavy atom. The lowest BCUT2D eigenvalue weighted by Crippen LogP contribution is -2.13. The molecule has 0 spiro atoms. The van der Waals surface area contributed by atoms with E-state index < -0.39 is 0 Å². The van der Waals surface area contributed by atoms with E-state index in [9.17, 15) is 4.79 Å². The van der Waals surface area contributed by atoms with Gasteiger partial charge in [-0.05, 0) is 24.3 Å². The normalized spacial score (nSPS) is 10.0. The van der Waals surface area contributed by atoms with Gasteiger partial charge in [-0.2, -0.15) is 0 Å². The van der Waals surface area contributed by atoms with Crippen molar-refractivity contribution in [3.63, 3.8) is 0 Å². The number of methoxy groups -OCH3 is 1. The number of nitrogen functional groups attached to an aromatic ring is 1. The average Bonchev–Trinajstić information content (AvgIpc) is 2.41. The molecule has 0 saturated carbocycles. The van der Waals surface area contributed by atoms with E-state index in [-0.39, 0.29) is 5.91 Å². The van der Waals surface area contributed by atoms with Crippen LogP contribution in [0.3, 0.4) is 0 Å². The molecular formula is C14H13ClN2O2. The molecule has 0 aliphatic heterocycles. The summed E-state index contributed by atoms with van der Waals surface area (Å²) in [6.07, 6.45) is 0. The Morgan fingerprint density at radius 2 is 2.00 bits per heavy atom. The van der Waals surface area contributed by atoms with Crippen LogP contribution in [-0.2, 0) is 0 Å². The van der Waals surface area contributed by atoms with Gasteiger partial charge in [0.05, 0.1) is 29.1 Å². The van der Waals surface area contributed by atoms with Crippen LogP contribution in [0, 0.1) is 0 Å². The molecule has 0 aliphatic carbocycles. The second-order valence-electron chi connectivity index (χ2n) is 3.89. The van der Waals surface area contributed by atoms with Gasteiger partial charge in [-0.3, -0.25) is 4.79 Å². The zero-order chi connectivity index (χ0) is 13.8. The molecule has 2 aromatic carbocycles. The van der Waals surface area contributed by atoms with Gasteiger partial charge in [-0.15, -0.1) is 0 Å². The maximum Gasteiger partial charge on any atom is 0.257 e. The number of anilines is 2. The Hall–Kier alpha value is -2.20. The van der Waals surface area contributed by atoms with Crippen molar-refractivity contribution in [2.24, 2.45) is 0 Å². The maximum atomic E-state index is 12.1. The fourth-order valence-corrected chi connectivity index (χ4v) is 1.83. The third-order valence-electron chi connectivity index (χ3n) is 2.63. The van der Waals surface area contributed by atoms with Gasteiger partial charge in [0.25, 0.3) is 5.91 Å². The summed E-state index contributed by atoms with van der Waals surface area (Å²) in [7, 11) is 1.55. The van der Waals surface area contributed by atoms with E-state index in [1.165, 1.54) is 0 Å². The minimum Gasteiger partial charge on any atom is -0.497 e. The standard InChI is InChI=1S/C14H13ClN2O2/c1-19-9-6-7-12(16)13(8-9)17-14(18)10-4-2-3-5-11(10)15/h2-8H,16H2,1H3,(H,17,18). The van der Waals surface area contributed by atoms with Crippen molar-refractivity contribution >= 4 is 28.9 Å². The average molecular weight is 277 g/mol. The number of nitrogens with one attached hydrogen (secondary N) is 1. The molecule has 0 aliphatic rings. The largest absolute Gasteiger partial charge is 0.497 e. The van der Waals surface area contributed by atoms with Crippen molar-refractivity contribution in [2.45, 2.75) is 0 Å². The predicted molar refractivity (Wildman–Crippen MR) is 76.8 cm³/mol. The summed E-state index contributed by atoms with van der Waals surface area (Å²) in [6.45, 7) is 0. The molecule has 4 nitrogen and oxygen atoms in total. The molecule has 19 heavy (non-hydrogen) atoms. The number of nitrogens with two attached hydrogens (primary N) is 1. The third kappa shape index (κ3) is 2.98. The number of hydrogen-bond donors (Lipinski definition) is 2. The van der Waals surface area contributed by atoms with E-state index in [4.69, 9.17) is 22.1 Å². The monoisotopic (exact) mass is 276 g/mol. The summed E-state index contributed by atoms with van der Waals surface area (Å²) < 4.78 is 5.09. The fraction of sp³-hybridized carbons (Fsp3) is 0.0714. The Labute approximate surface area is 116 Å². The number of amides is 1. The lowest BCUT2D eigenvalue weighted by Gasteiger charge is -2.10. The zero-order valence-corrected chi connectivity index (χ0v) is 11.1. The van der Waals surface area contributed by atoms with Gasteiger partial charge < -0.3 is 15.8 Å². The maximum absolute atomic E-state index is 12.1. The molecular weight excluding hydrogens is 264 g/mol. The molecule has 0 fully saturated rings. The quantitative estimate of drug-likeness (QED) is 0.846. The first-order valence-electron chi connectivity index (χ1n) is 5.61. The third-order valence-corrected chi connectivity index (χ3v) is 2.96. The smallest absolute Gasteiger partial charge is 0.257 e. The summed E-state index contributed by atoms with van der Waals surface area (Å²) in [4.78, 5) is 12.1. The van der Waals surface area contributed by atoms with Gasteiger partial charge in [0, 0.05) is 6.07 Å². The van der Waals surface area contributed by atoms with Crippen LogP contribution in [0.4, 0.5) is 11.4 Å². The molecule has 0 radical (unpaired) electrons. The van der Waals surface area contributed by atoms with Crippen LogP contribution in [0.5, 0.6) is 5.75 Å². The molecule has 2 rings (SSSR count). The lowest BCUT2D eigenvalue weighted by molar-refractivity contribution is 0.102. The van der Waals surface area contributed by atoms with Crippen LogP contribution in [-0.4, -0.2) is 13.0 Å². The summed E-state index contributed by atoms with van der Waals surface area (Å²) in [5.41, 5.74) is 7.15. The van der Waals surface area contributed by atoms with Crippen molar-refractivity contribution in [1.82, 2.24) is 0 Å². The first kappa shape index (κ1) is 13.2. The number of rotatable bonds is 3. The van der Waals surface area contributed by atoms with Crippen molar-refractivity contribution in [3.05, 3.63) is 53.1 Å². The van der Waals surface area contributed by atoms with Crippen molar-refractivity contribution in [1.29, 1.82) is 0 Å². The van der Waals surface area contributed by atoms with Gasteiger partial charge >= 0.3 is 0 Å². The van der Waals surface area contributed by atoms with E-state index in [1.807, 2.05) is 0 Å². The highest BCUT2D eigenvalue weighted by molar-refractivity contribution is 6.34. The first-order valence-corrected chi connectivity index (χ1v) is 5.99. The molecule has 5 heteroatoms. The van der Waals surface area contributed by atoms with Crippen LogP contribution in [0.25, 0.3) is 0 Å². The Kier molecular flexibility index (Phi) is 3.92. The molecule has 0 bridgehead atoms. The van der Waals surface area contributed by atoms with Gasteiger partial charge in [0.2, 0.25) is 0 Å². The molecule has 0 atom stereocenters. The summed E-state index contributed by atoms with van der Waals surface area (Å²) in [6, 6.07) is 11.9. The molecule has 0 unspecified atom stereocenters. The Morgan fingerprint density at radius 1 is 1.26 bits per heavy atom. The minimum atomic E-state index is -0.314. The number of benzene rings is 2. The second kappa shape index (κ2) is 5.63. The van der Waals surface area contributed by atoms with Gasteiger partial charge in [0.1, 0.15) is 5.75 Å². The molecule has 0 heterocycles. The predicted octanol–water partition coefficient (Wildman–Crippen LogP) is 3.18. The minimum absolute atomic E-state index is 0.314. The first-order chi connectivity index (χ1) is 9.11. The van der Waals surface area contributed by atoms with E-state index in [0.29, 0.717) is 27.7 Å². The van der Waals surface area contributed by atoms with E-state index in [1.54, 1.807) is 49.6 Å². The molecule has 3 N–H and O–H groups in total. The fourth-order valence-electron chi connectivity index (χ4n) is 1.61. The molecule has 98 valence electrons. The summed E-state index contributed by atoms with van der Waals surface area (Å²) >= 11 is 5.97. The number of ether oxygens (including phenoxy) is 1. The highest BCUT2D eigenvalue weighted by Crippen LogP contribution is 2.25. The molecule has 0 aromatic heterocycles. The number of carbonyl (C=O) groups is 1. The van der Waals surface area contributed by atoms with Crippen LogP contribution < -0.4 is 15.8 Å².